The molecular weight excluding hydrogens is 1240 g/mol. The van der Waals surface area contributed by atoms with E-state index in [0.29, 0.717) is 128 Å². The van der Waals surface area contributed by atoms with Crippen molar-refractivity contribution in [1.82, 2.24) is 58.9 Å². The first-order valence-electron chi connectivity index (χ1n) is 28.1. The van der Waals surface area contributed by atoms with Crippen LogP contribution in [-0.4, -0.2) is 296 Å². The van der Waals surface area contributed by atoms with Crippen LogP contribution in [0.5, 0.6) is 0 Å². The van der Waals surface area contributed by atoms with E-state index in [1.807, 2.05) is 9.80 Å². The number of hydrogen-bond donors (Lipinski definition) is 10. The topological polar surface area (TPSA) is 509 Å². The highest BCUT2D eigenvalue weighted by molar-refractivity contribution is 7.53. The lowest BCUT2D eigenvalue weighted by atomic mass is 10.2. The van der Waals surface area contributed by atoms with Crippen LogP contribution in [0.25, 0.3) is 0 Å². The second-order valence-corrected chi connectivity index (χ2v) is 25.3. The second-order valence-electron chi connectivity index (χ2n) is 21.2. The van der Waals surface area contributed by atoms with Crippen LogP contribution in [0.15, 0.2) is 25.0 Å². The number of carbonyl (C=O) groups excluding carboxylic acids is 8. The van der Waals surface area contributed by atoms with E-state index in [0.717, 1.165) is 19.5 Å². The van der Waals surface area contributed by atoms with Gasteiger partial charge < -0.3 is 84.0 Å². The smallest absolute Gasteiger partial charge is 0.358 e. The molecule has 0 aromatic carbocycles. The second kappa shape index (κ2) is 38.8. The maximum absolute atomic E-state index is 12.5. The molecule has 3 fully saturated rings. The fourth-order valence-corrected chi connectivity index (χ4v) is 9.60. The number of imide groups is 1. The van der Waals surface area contributed by atoms with Gasteiger partial charge in [0.2, 0.25) is 5.91 Å². The Morgan fingerprint density at radius 2 is 1.01 bits per heavy atom. The summed E-state index contributed by atoms with van der Waals surface area (Å²) in [4.78, 5) is 174. The normalized spacial score (nSPS) is 18.4. The molecule has 0 radical (unpaired) electrons. The quantitative estimate of drug-likeness (QED) is 0.0136. The van der Waals surface area contributed by atoms with Crippen molar-refractivity contribution in [2.24, 2.45) is 5.73 Å². The monoisotopic (exact) mass is 1330 g/mol. The number of aliphatic carboxylic acids is 2. The zero-order valence-electron chi connectivity index (χ0n) is 50.0. The zero-order valence-corrected chi connectivity index (χ0v) is 51.8. The summed E-state index contributed by atoms with van der Waals surface area (Å²) < 4.78 is 45.3. The van der Waals surface area contributed by atoms with Gasteiger partial charge in [0, 0.05) is 142 Å². The molecule has 2 aromatic heterocycles. The van der Waals surface area contributed by atoms with Gasteiger partial charge in [-0.3, -0.25) is 81.7 Å². The molecule has 4 unspecified atom stereocenters. The molecule has 0 aliphatic carbocycles. The molecule has 38 nitrogen and oxygen atoms in total. The number of nitrogens with one attached hydrogen (secondary N) is 1. The summed E-state index contributed by atoms with van der Waals surface area (Å²) in [6, 6.07) is 0. The molecule has 3 aliphatic rings. The number of imidazole rings is 2. The summed E-state index contributed by atoms with van der Waals surface area (Å²) in [5.41, 5.74) is 6.61. The molecule has 5 heterocycles. The van der Waals surface area contributed by atoms with E-state index in [1.165, 1.54) is 28.0 Å². The fraction of sp³-hybridized carbons (Fsp3) is 0.680. The van der Waals surface area contributed by atoms with Crippen LogP contribution in [0.1, 0.15) is 63.8 Å². The lowest BCUT2D eigenvalue weighted by molar-refractivity contribution is -0.198. The summed E-state index contributed by atoms with van der Waals surface area (Å²) in [7, 11) is -9.30. The Morgan fingerprint density at radius 1 is 0.622 bits per heavy atom. The van der Waals surface area contributed by atoms with E-state index in [1.54, 1.807) is 25.8 Å². The van der Waals surface area contributed by atoms with Crippen LogP contribution in [-0.2, 0) is 107 Å². The Labute approximate surface area is 516 Å². The summed E-state index contributed by atoms with van der Waals surface area (Å²) in [6.07, 6.45) is 5.18. The van der Waals surface area contributed by atoms with Crippen LogP contribution in [0.3, 0.4) is 0 Å². The van der Waals surface area contributed by atoms with Gasteiger partial charge in [-0.1, -0.05) is 0 Å². The van der Waals surface area contributed by atoms with Crippen molar-refractivity contribution in [3.8, 4) is 0 Å². The molecular formula is C50H83N13O25P2. The minimum atomic E-state index is -4.75. The number of ether oxygens (including phenoxy) is 4. The lowest BCUT2D eigenvalue weighted by Gasteiger charge is -2.31. The zero-order chi connectivity index (χ0) is 67.1. The van der Waals surface area contributed by atoms with E-state index in [-0.39, 0.29) is 97.1 Å². The maximum atomic E-state index is 12.5. The minimum Gasteiger partial charge on any atom is -0.480 e. The first kappa shape index (κ1) is 77.5. The molecule has 0 bridgehead atoms. The van der Waals surface area contributed by atoms with Crippen LogP contribution < -0.4 is 11.1 Å². The van der Waals surface area contributed by atoms with Crippen molar-refractivity contribution in [1.29, 1.82) is 0 Å². The van der Waals surface area contributed by atoms with Crippen LogP contribution in [0, 0.1) is 0 Å². The standard InChI is InChI=1S/C23H39N6O11P.C19H28N4O10.C8H16N3O4P/c1-23(35,41(36,37)38)14-28-12-19(25-15-28)4-5-24-20(32)2-3-21(40-18-31)29-10-8-26(13-22(33)34)6-7-27(9-11-29)16-39-17-30;24-13-31-12-21-6-5-20(11-18(28)29)7-9-22(10-8-21)17(32-14-25)3-4-19(30)33-23-15(26)1-2-16(23)27;1-8(12,16(13,14)15)5-11-4-7(2-3-9)10-6-11/h12,15,17-18,21,35H,2-11,13-14,16H2,1H3,(H,24,32)(H,33,34)(H2,36,37,38);13-14,17H,1-12H2,(H,28,29);4,6,12H,2-3,5,9H2,1H3,(H2,13,14,15). The molecule has 11 N–H and O–H groups in total. The Hall–Kier alpha value is -6.74. The average molecular weight is 1330 g/mol. The third kappa shape index (κ3) is 28.6. The summed E-state index contributed by atoms with van der Waals surface area (Å²) in [6.45, 7) is 8.02. The van der Waals surface area contributed by atoms with Gasteiger partial charge in [0.05, 0.1) is 56.6 Å². The van der Waals surface area contributed by atoms with Crippen molar-refractivity contribution in [3.05, 3.63) is 36.4 Å². The van der Waals surface area contributed by atoms with E-state index in [9.17, 15) is 82.2 Å². The van der Waals surface area contributed by atoms with Gasteiger partial charge in [0.1, 0.15) is 13.5 Å². The van der Waals surface area contributed by atoms with E-state index in [4.69, 9.17) is 44.4 Å². The van der Waals surface area contributed by atoms with Gasteiger partial charge in [0.25, 0.3) is 37.7 Å². The van der Waals surface area contributed by atoms with Crippen LogP contribution >= 0.6 is 15.2 Å². The Kier molecular flexibility index (Phi) is 33.4. The molecule has 3 saturated heterocycles. The number of amides is 3. The molecule has 2 aromatic rings. The van der Waals surface area contributed by atoms with Crippen molar-refractivity contribution >= 4 is 76.7 Å². The van der Waals surface area contributed by atoms with E-state index < -0.39 is 68.1 Å². The molecule has 40 heteroatoms. The van der Waals surface area contributed by atoms with E-state index >= 15 is 0 Å². The number of carboxylic acids is 2. The molecule has 0 spiro atoms. The SMILES string of the molecule is CC(O)(Cn1cnc(CCN)c1)P(=O)(O)O.CC(O)(Cn1cnc(CCNC(=O)CCC(OC=O)N2CCN(COC=O)CCN(CC(=O)O)CC2)c1)P(=O)(O)O.O=COCN1CCN(CC(=O)O)CCN(C(CCC(=O)ON2C(=O)CCC2=O)OC=O)CC1. The molecule has 5 rings (SSSR count). The molecule has 4 atom stereocenters. The third-order valence-corrected chi connectivity index (χ3v) is 16.8. The number of aliphatic hydroxyl groups is 2. The summed E-state index contributed by atoms with van der Waals surface area (Å²) >= 11 is 0. The number of aromatic nitrogens is 4. The number of nitrogens with two attached hydrogens (primary N) is 1. The van der Waals surface area contributed by atoms with Crippen LogP contribution in [0.4, 0.5) is 0 Å². The van der Waals surface area contributed by atoms with Crippen molar-refractivity contribution in [3.63, 3.8) is 0 Å². The largest absolute Gasteiger partial charge is 0.480 e. The highest BCUT2D eigenvalue weighted by Crippen LogP contribution is 2.50. The Bertz CT molecular complexity index is 2710. The predicted molar refractivity (Wildman–Crippen MR) is 305 cm³/mol. The highest BCUT2D eigenvalue weighted by Gasteiger charge is 2.42. The minimum absolute atomic E-state index is 0.0155. The van der Waals surface area contributed by atoms with Gasteiger partial charge >= 0.3 is 33.1 Å². The van der Waals surface area contributed by atoms with Gasteiger partial charge in [-0.15, -0.1) is 5.06 Å². The third-order valence-electron chi connectivity index (χ3n) is 14.0. The number of rotatable bonds is 34. The first-order valence-corrected chi connectivity index (χ1v) is 31.4. The fourth-order valence-electron chi connectivity index (χ4n) is 8.91. The number of carboxylic acid groups (broad SMARTS) is 2. The predicted octanol–water partition coefficient (Wildman–Crippen LogP) is -4.88. The number of hydroxylamine groups is 2. The van der Waals surface area contributed by atoms with Crippen molar-refractivity contribution in [2.45, 2.75) is 101 Å². The summed E-state index contributed by atoms with van der Waals surface area (Å²) in [5.74, 6) is -4.29. The van der Waals surface area contributed by atoms with Crippen LogP contribution in [0.2, 0.25) is 0 Å². The van der Waals surface area contributed by atoms with Crippen molar-refractivity contribution < 1.29 is 121 Å². The molecule has 3 aliphatic heterocycles. The highest BCUT2D eigenvalue weighted by atomic mass is 31.2. The lowest BCUT2D eigenvalue weighted by Crippen LogP contribution is -2.45. The van der Waals surface area contributed by atoms with E-state index in [2.05, 4.69) is 15.3 Å². The number of carbonyl (C=O) groups is 10. The van der Waals surface area contributed by atoms with Gasteiger partial charge in [-0.25, -0.2) is 14.8 Å². The summed E-state index contributed by atoms with van der Waals surface area (Å²) in [5, 5.41) is 36.8. The number of hydrogen-bond acceptors (Lipinski definition) is 28. The molecule has 508 valence electrons. The van der Waals surface area contributed by atoms with Crippen molar-refractivity contribution in [2.75, 3.05) is 118 Å². The molecule has 90 heavy (non-hydrogen) atoms. The number of nitrogens with zero attached hydrogens (tertiary/aromatic N) is 11. The maximum Gasteiger partial charge on any atom is 0.358 e. The molecule has 3 amide bonds. The first-order chi connectivity index (χ1) is 42.4. The Morgan fingerprint density at radius 3 is 1.40 bits per heavy atom. The van der Waals surface area contributed by atoms with Gasteiger partial charge in [-0.2, -0.15) is 0 Å². The average Bonchev–Trinajstić information content (AvgIpc) is 1.43. The molecule has 0 saturated carbocycles. The van der Waals surface area contributed by atoms with Gasteiger partial charge in [-0.05, 0) is 20.4 Å². The Balaban J connectivity index is 0.000000384. The van der Waals surface area contributed by atoms with Gasteiger partial charge in [0.15, 0.2) is 23.1 Å².